The number of nitrogens with zero attached hydrogens (tertiary/aromatic N) is 1. The molecule has 0 unspecified atom stereocenters. The zero-order valence-electron chi connectivity index (χ0n) is 9.14. The highest BCUT2D eigenvalue weighted by atomic mass is 19.4. The highest BCUT2D eigenvalue weighted by Crippen LogP contribution is 2.28. The highest BCUT2D eigenvalue weighted by molar-refractivity contribution is 5.88. The molecular formula is C10H12F3N3O. The molecule has 0 bridgehead atoms. The fraction of sp³-hybridized carbons (Fsp3) is 0.400. The molecule has 0 fully saturated rings. The number of urea groups is 1. The molecule has 4 nitrogen and oxygen atoms in total. The van der Waals surface area contributed by atoms with Gasteiger partial charge in [-0.25, -0.2) is 9.78 Å². The number of rotatable bonds is 3. The Hall–Kier alpha value is -1.79. The van der Waals surface area contributed by atoms with Crippen LogP contribution in [0.3, 0.4) is 0 Å². The summed E-state index contributed by atoms with van der Waals surface area (Å²) in [5.74, 6) is 0.0756. The summed E-state index contributed by atoms with van der Waals surface area (Å²) in [5.41, 5.74) is -0.850. The summed E-state index contributed by atoms with van der Waals surface area (Å²) in [6, 6.07) is 1.48. The van der Waals surface area contributed by atoms with Crippen LogP contribution in [-0.4, -0.2) is 17.6 Å². The van der Waals surface area contributed by atoms with Crippen molar-refractivity contribution in [3.63, 3.8) is 0 Å². The Morgan fingerprint density at radius 1 is 1.41 bits per heavy atom. The summed E-state index contributed by atoms with van der Waals surface area (Å²) in [4.78, 5) is 14.7. The van der Waals surface area contributed by atoms with Gasteiger partial charge < -0.3 is 5.32 Å². The van der Waals surface area contributed by atoms with Gasteiger partial charge in [0, 0.05) is 12.7 Å². The van der Waals surface area contributed by atoms with E-state index in [-0.39, 0.29) is 5.82 Å². The van der Waals surface area contributed by atoms with Crippen LogP contribution in [0.4, 0.5) is 23.8 Å². The summed E-state index contributed by atoms with van der Waals surface area (Å²) < 4.78 is 36.6. The van der Waals surface area contributed by atoms with Crippen molar-refractivity contribution in [3.05, 3.63) is 23.9 Å². The lowest BCUT2D eigenvalue weighted by molar-refractivity contribution is -0.137. The molecule has 2 N–H and O–H groups in total. The average Bonchev–Trinajstić information content (AvgIpc) is 2.26. The van der Waals surface area contributed by atoms with E-state index >= 15 is 0 Å². The van der Waals surface area contributed by atoms with E-state index in [1.54, 1.807) is 0 Å². The topological polar surface area (TPSA) is 54.0 Å². The second kappa shape index (κ2) is 5.51. The van der Waals surface area contributed by atoms with Gasteiger partial charge in [0.15, 0.2) is 0 Å². The Morgan fingerprint density at radius 2 is 2.12 bits per heavy atom. The van der Waals surface area contributed by atoms with Crippen LogP contribution in [-0.2, 0) is 6.18 Å². The SMILES string of the molecule is CCCNC(=O)Nc1ccc(C(F)(F)F)cn1. The molecule has 1 aromatic rings. The van der Waals surface area contributed by atoms with Crippen LogP contribution in [0.1, 0.15) is 18.9 Å². The van der Waals surface area contributed by atoms with Crippen LogP contribution >= 0.6 is 0 Å². The molecule has 17 heavy (non-hydrogen) atoms. The zero-order valence-corrected chi connectivity index (χ0v) is 9.14. The second-order valence-electron chi connectivity index (χ2n) is 3.31. The Balaban J connectivity index is 2.60. The van der Waals surface area contributed by atoms with Gasteiger partial charge in [0.25, 0.3) is 0 Å². The van der Waals surface area contributed by atoms with Crippen molar-refractivity contribution in [2.75, 3.05) is 11.9 Å². The molecule has 2 amide bonds. The maximum atomic E-state index is 12.2. The zero-order chi connectivity index (χ0) is 12.9. The van der Waals surface area contributed by atoms with Gasteiger partial charge in [-0.05, 0) is 18.6 Å². The molecule has 0 radical (unpaired) electrons. The molecule has 7 heteroatoms. The van der Waals surface area contributed by atoms with Crippen molar-refractivity contribution < 1.29 is 18.0 Å². The van der Waals surface area contributed by atoms with Crippen LogP contribution in [0.25, 0.3) is 0 Å². The molecular weight excluding hydrogens is 235 g/mol. The van der Waals surface area contributed by atoms with E-state index in [0.29, 0.717) is 12.7 Å². The molecule has 0 atom stereocenters. The number of alkyl halides is 3. The van der Waals surface area contributed by atoms with Crippen LogP contribution in [0.2, 0.25) is 0 Å². The van der Waals surface area contributed by atoms with Crippen molar-refractivity contribution in [1.29, 1.82) is 0 Å². The standard InChI is InChI=1S/C10H12F3N3O/c1-2-5-14-9(17)16-8-4-3-7(6-15-8)10(11,12)13/h3-4,6H,2,5H2,1H3,(H2,14,15,16,17). The molecule has 0 saturated heterocycles. The van der Waals surface area contributed by atoms with Crippen molar-refractivity contribution in [3.8, 4) is 0 Å². The number of pyridine rings is 1. The number of hydrogen-bond donors (Lipinski definition) is 2. The molecule has 0 spiro atoms. The molecule has 0 aliphatic rings. The van der Waals surface area contributed by atoms with E-state index in [9.17, 15) is 18.0 Å². The van der Waals surface area contributed by atoms with Gasteiger partial charge >= 0.3 is 12.2 Å². The van der Waals surface area contributed by atoms with Crippen molar-refractivity contribution in [1.82, 2.24) is 10.3 Å². The summed E-state index contributed by atoms with van der Waals surface area (Å²) >= 11 is 0. The fourth-order valence-electron chi connectivity index (χ4n) is 1.03. The maximum absolute atomic E-state index is 12.2. The van der Waals surface area contributed by atoms with Crippen LogP contribution in [0.5, 0.6) is 0 Å². The largest absolute Gasteiger partial charge is 0.417 e. The number of hydrogen-bond acceptors (Lipinski definition) is 2. The maximum Gasteiger partial charge on any atom is 0.417 e. The number of amides is 2. The lowest BCUT2D eigenvalue weighted by atomic mass is 10.3. The van der Waals surface area contributed by atoms with Crippen LogP contribution < -0.4 is 10.6 Å². The van der Waals surface area contributed by atoms with Gasteiger partial charge in [0.05, 0.1) is 5.56 Å². The Labute approximate surface area is 96.2 Å². The van der Waals surface area contributed by atoms with Crippen LogP contribution in [0.15, 0.2) is 18.3 Å². The molecule has 0 aliphatic carbocycles. The summed E-state index contributed by atoms with van der Waals surface area (Å²) in [6.45, 7) is 2.38. The molecule has 94 valence electrons. The second-order valence-corrected chi connectivity index (χ2v) is 3.31. The number of aromatic nitrogens is 1. The first kappa shape index (κ1) is 13.3. The molecule has 0 aliphatic heterocycles. The summed E-state index contributed by atoms with van der Waals surface area (Å²) in [6.07, 6.45) is -2.97. The Bertz CT molecular complexity index is 375. The number of nitrogens with one attached hydrogen (secondary N) is 2. The number of halogens is 3. The van der Waals surface area contributed by atoms with E-state index in [1.165, 1.54) is 0 Å². The molecule has 1 rings (SSSR count). The monoisotopic (exact) mass is 247 g/mol. The molecule has 1 aromatic heterocycles. The van der Waals surface area contributed by atoms with Crippen molar-refractivity contribution in [2.45, 2.75) is 19.5 Å². The van der Waals surface area contributed by atoms with Gasteiger partial charge in [0.2, 0.25) is 0 Å². The van der Waals surface area contributed by atoms with E-state index in [2.05, 4.69) is 15.6 Å². The Morgan fingerprint density at radius 3 is 2.59 bits per heavy atom. The highest BCUT2D eigenvalue weighted by Gasteiger charge is 2.30. The minimum Gasteiger partial charge on any atom is -0.338 e. The first-order chi connectivity index (χ1) is 7.93. The molecule has 0 saturated carbocycles. The number of carbonyl (C=O) groups is 1. The van der Waals surface area contributed by atoms with E-state index in [4.69, 9.17) is 0 Å². The quantitative estimate of drug-likeness (QED) is 0.862. The van der Waals surface area contributed by atoms with Gasteiger partial charge in [0.1, 0.15) is 5.82 Å². The third-order valence-electron chi connectivity index (χ3n) is 1.87. The first-order valence-electron chi connectivity index (χ1n) is 5.01. The predicted octanol–water partition coefficient (Wildman–Crippen LogP) is 2.63. The summed E-state index contributed by atoms with van der Waals surface area (Å²) in [7, 11) is 0. The predicted molar refractivity (Wildman–Crippen MR) is 56.6 cm³/mol. The minimum absolute atomic E-state index is 0.0756. The minimum atomic E-state index is -4.42. The smallest absolute Gasteiger partial charge is 0.338 e. The van der Waals surface area contributed by atoms with Crippen LogP contribution in [0, 0.1) is 0 Å². The Kier molecular flexibility index (Phi) is 4.30. The van der Waals surface area contributed by atoms with Gasteiger partial charge in [-0.15, -0.1) is 0 Å². The lowest BCUT2D eigenvalue weighted by Crippen LogP contribution is -2.29. The van der Waals surface area contributed by atoms with Crippen molar-refractivity contribution >= 4 is 11.8 Å². The third kappa shape index (κ3) is 4.29. The third-order valence-corrected chi connectivity index (χ3v) is 1.87. The van der Waals surface area contributed by atoms with Gasteiger partial charge in [-0.3, -0.25) is 5.32 Å². The van der Waals surface area contributed by atoms with E-state index in [0.717, 1.165) is 18.6 Å². The van der Waals surface area contributed by atoms with E-state index < -0.39 is 17.8 Å². The number of carbonyl (C=O) groups excluding carboxylic acids is 1. The number of anilines is 1. The fourth-order valence-corrected chi connectivity index (χ4v) is 1.03. The normalized spacial score (nSPS) is 11.1. The molecule has 1 heterocycles. The first-order valence-corrected chi connectivity index (χ1v) is 5.01. The van der Waals surface area contributed by atoms with Crippen molar-refractivity contribution in [2.24, 2.45) is 0 Å². The van der Waals surface area contributed by atoms with E-state index in [1.807, 2.05) is 6.92 Å². The molecule has 0 aromatic carbocycles. The van der Waals surface area contributed by atoms with Gasteiger partial charge in [-0.1, -0.05) is 6.92 Å². The average molecular weight is 247 g/mol. The van der Waals surface area contributed by atoms with Gasteiger partial charge in [-0.2, -0.15) is 13.2 Å². The summed E-state index contributed by atoms with van der Waals surface area (Å²) in [5, 5.41) is 4.84. The lowest BCUT2D eigenvalue weighted by Gasteiger charge is -2.08.